The van der Waals surface area contributed by atoms with E-state index >= 15 is 0 Å². The minimum Gasteiger partial charge on any atom is -0.462 e. The maximum absolute atomic E-state index is 11.8. The molecule has 1 aliphatic rings. The lowest BCUT2D eigenvalue weighted by Gasteiger charge is -2.06. The Labute approximate surface area is 117 Å². The standard InChI is InChI=1S/C15H17N3O2/c1-3-20-15(19)13-9-17-18(10(13)2)12-6-7-14(16-8-12)11-4-5-11/h6-9,11H,3-5H2,1-2H3. The predicted octanol–water partition coefficient (Wildman–Crippen LogP) is 2.63. The molecule has 2 heterocycles. The Balaban J connectivity index is 1.88. The van der Waals surface area contributed by atoms with Crippen LogP contribution in [0.4, 0.5) is 0 Å². The zero-order valence-corrected chi connectivity index (χ0v) is 11.7. The normalized spacial score (nSPS) is 14.3. The highest BCUT2D eigenvalue weighted by atomic mass is 16.5. The Morgan fingerprint density at radius 2 is 2.20 bits per heavy atom. The van der Waals surface area contributed by atoms with Gasteiger partial charge in [-0.15, -0.1) is 0 Å². The molecule has 1 aliphatic carbocycles. The summed E-state index contributed by atoms with van der Waals surface area (Å²) in [4.78, 5) is 16.2. The SMILES string of the molecule is CCOC(=O)c1cnn(-c2ccc(C3CC3)nc2)c1C. The third-order valence-electron chi connectivity index (χ3n) is 3.52. The fraction of sp³-hybridized carbons (Fsp3) is 0.400. The summed E-state index contributed by atoms with van der Waals surface area (Å²) in [7, 11) is 0. The first-order chi connectivity index (χ1) is 9.70. The van der Waals surface area contributed by atoms with Crippen molar-refractivity contribution >= 4 is 5.97 Å². The van der Waals surface area contributed by atoms with Gasteiger partial charge in [0.1, 0.15) is 5.56 Å². The lowest BCUT2D eigenvalue weighted by atomic mass is 10.2. The van der Waals surface area contributed by atoms with Gasteiger partial charge in [0.25, 0.3) is 0 Å². The van der Waals surface area contributed by atoms with Crippen LogP contribution in [0.15, 0.2) is 24.5 Å². The minimum absolute atomic E-state index is 0.334. The summed E-state index contributed by atoms with van der Waals surface area (Å²) in [5.41, 5.74) is 3.27. The van der Waals surface area contributed by atoms with Gasteiger partial charge in [0.2, 0.25) is 0 Å². The molecule has 0 N–H and O–H groups in total. The van der Waals surface area contributed by atoms with Gasteiger partial charge < -0.3 is 4.74 Å². The second kappa shape index (κ2) is 5.07. The molecule has 2 aromatic heterocycles. The van der Waals surface area contributed by atoms with Crippen LogP contribution in [0.3, 0.4) is 0 Å². The van der Waals surface area contributed by atoms with Crippen LogP contribution in [-0.4, -0.2) is 27.3 Å². The van der Waals surface area contributed by atoms with Crippen molar-refractivity contribution in [2.45, 2.75) is 32.6 Å². The van der Waals surface area contributed by atoms with Crippen molar-refractivity contribution in [1.29, 1.82) is 0 Å². The summed E-state index contributed by atoms with van der Waals surface area (Å²) in [6.07, 6.45) is 5.82. The summed E-state index contributed by atoms with van der Waals surface area (Å²) >= 11 is 0. The van der Waals surface area contributed by atoms with Crippen molar-refractivity contribution in [3.63, 3.8) is 0 Å². The third-order valence-corrected chi connectivity index (χ3v) is 3.52. The number of rotatable bonds is 4. The van der Waals surface area contributed by atoms with Crippen molar-refractivity contribution in [1.82, 2.24) is 14.8 Å². The lowest BCUT2D eigenvalue weighted by molar-refractivity contribution is 0.0525. The van der Waals surface area contributed by atoms with Gasteiger partial charge in [-0.1, -0.05) is 0 Å². The summed E-state index contributed by atoms with van der Waals surface area (Å²) in [5, 5.41) is 4.26. The fourth-order valence-corrected chi connectivity index (χ4v) is 2.22. The Morgan fingerprint density at radius 1 is 1.40 bits per heavy atom. The first-order valence-corrected chi connectivity index (χ1v) is 6.88. The van der Waals surface area contributed by atoms with E-state index < -0.39 is 0 Å². The molecule has 0 bridgehead atoms. The molecule has 1 saturated carbocycles. The highest BCUT2D eigenvalue weighted by Gasteiger charge is 2.24. The van der Waals surface area contributed by atoms with Gasteiger partial charge >= 0.3 is 5.97 Å². The van der Waals surface area contributed by atoms with E-state index in [1.54, 1.807) is 17.8 Å². The predicted molar refractivity (Wildman–Crippen MR) is 74.0 cm³/mol. The van der Waals surface area contributed by atoms with E-state index in [0.29, 0.717) is 18.1 Å². The van der Waals surface area contributed by atoms with E-state index in [-0.39, 0.29) is 5.97 Å². The number of aromatic nitrogens is 3. The molecule has 5 nitrogen and oxygen atoms in total. The van der Waals surface area contributed by atoms with Crippen LogP contribution in [0.25, 0.3) is 5.69 Å². The number of carbonyl (C=O) groups is 1. The summed E-state index contributed by atoms with van der Waals surface area (Å²) in [6, 6.07) is 4.04. The summed E-state index contributed by atoms with van der Waals surface area (Å²) in [5.74, 6) is 0.302. The molecule has 0 atom stereocenters. The van der Waals surface area contributed by atoms with Gasteiger partial charge in [-0.25, -0.2) is 9.48 Å². The maximum Gasteiger partial charge on any atom is 0.341 e. The van der Waals surface area contributed by atoms with Crippen molar-refractivity contribution in [3.05, 3.63) is 41.5 Å². The van der Waals surface area contributed by atoms with Gasteiger partial charge in [0.05, 0.1) is 30.4 Å². The fourth-order valence-electron chi connectivity index (χ4n) is 2.22. The van der Waals surface area contributed by atoms with Crippen molar-refractivity contribution in [3.8, 4) is 5.69 Å². The van der Waals surface area contributed by atoms with E-state index in [1.807, 2.05) is 25.3 Å². The van der Waals surface area contributed by atoms with Crippen LogP contribution in [-0.2, 0) is 4.74 Å². The van der Waals surface area contributed by atoms with Crippen molar-refractivity contribution in [2.75, 3.05) is 6.61 Å². The summed E-state index contributed by atoms with van der Waals surface area (Å²) in [6.45, 7) is 4.01. The number of pyridine rings is 1. The van der Waals surface area contributed by atoms with E-state index in [2.05, 4.69) is 10.1 Å². The summed E-state index contributed by atoms with van der Waals surface area (Å²) < 4.78 is 6.73. The number of hydrogen-bond donors (Lipinski definition) is 0. The van der Waals surface area contributed by atoms with E-state index in [1.165, 1.54) is 12.8 Å². The quantitative estimate of drug-likeness (QED) is 0.802. The van der Waals surface area contributed by atoms with Crippen molar-refractivity contribution < 1.29 is 9.53 Å². The van der Waals surface area contributed by atoms with Crippen LogP contribution in [0.5, 0.6) is 0 Å². The molecule has 2 aromatic rings. The molecule has 5 heteroatoms. The van der Waals surface area contributed by atoms with Crippen molar-refractivity contribution in [2.24, 2.45) is 0 Å². The Kier molecular flexibility index (Phi) is 3.26. The topological polar surface area (TPSA) is 57.0 Å². The van der Waals surface area contributed by atoms with E-state index in [9.17, 15) is 4.79 Å². The zero-order chi connectivity index (χ0) is 14.1. The zero-order valence-electron chi connectivity index (χ0n) is 11.7. The molecule has 1 fully saturated rings. The first kappa shape index (κ1) is 12.8. The molecular formula is C15H17N3O2. The largest absolute Gasteiger partial charge is 0.462 e. The molecule has 0 aromatic carbocycles. The van der Waals surface area contributed by atoms with Gasteiger partial charge in [-0.2, -0.15) is 5.10 Å². The molecule has 0 radical (unpaired) electrons. The Morgan fingerprint density at radius 3 is 2.80 bits per heavy atom. The first-order valence-electron chi connectivity index (χ1n) is 6.88. The second-order valence-electron chi connectivity index (χ2n) is 4.99. The van der Waals surface area contributed by atoms with E-state index in [0.717, 1.165) is 17.1 Å². The number of carbonyl (C=O) groups excluding carboxylic acids is 1. The maximum atomic E-state index is 11.8. The Bertz CT molecular complexity index is 627. The number of nitrogens with zero attached hydrogens (tertiary/aromatic N) is 3. The molecular weight excluding hydrogens is 254 g/mol. The van der Waals surface area contributed by atoms with Crippen LogP contribution in [0.2, 0.25) is 0 Å². The van der Waals surface area contributed by atoms with Crippen LogP contribution >= 0.6 is 0 Å². The number of esters is 1. The van der Waals surface area contributed by atoms with E-state index in [4.69, 9.17) is 4.74 Å². The highest BCUT2D eigenvalue weighted by Crippen LogP contribution is 2.38. The molecule has 104 valence electrons. The molecule has 0 saturated heterocycles. The van der Waals surface area contributed by atoms with Gasteiger partial charge in [-0.05, 0) is 38.8 Å². The Hall–Kier alpha value is -2.17. The minimum atomic E-state index is -0.334. The highest BCUT2D eigenvalue weighted by molar-refractivity contribution is 5.90. The average Bonchev–Trinajstić information content (AvgIpc) is 3.23. The molecule has 0 amide bonds. The van der Waals surface area contributed by atoms with Crippen LogP contribution in [0.1, 0.15) is 47.4 Å². The third kappa shape index (κ3) is 2.31. The number of hydrogen-bond acceptors (Lipinski definition) is 4. The molecule has 20 heavy (non-hydrogen) atoms. The van der Waals surface area contributed by atoms with Gasteiger partial charge in [0, 0.05) is 11.6 Å². The average molecular weight is 271 g/mol. The monoisotopic (exact) mass is 271 g/mol. The lowest BCUT2D eigenvalue weighted by Crippen LogP contribution is -2.07. The molecule has 0 aliphatic heterocycles. The number of ether oxygens (including phenoxy) is 1. The van der Waals surface area contributed by atoms with Gasteiger partial charge in [-0.3, -0.25) is 4.98 Å². The molecule has 3 rings (SSSR count). The second-order valence-corrected chi connectivity index (χ2v) is 4.99. The molecule has 0 spiro atoms. The molecule has 0 unspecified atom stereocenters. The van der Waals surface area contributed by atoms with Crippen LogP contribution < -0.4 is 0 Å². The van der Waals surface area contributed by atoms with Crippen LogP contribution in [0, 0.1) is 6.92 Å². The van der Waals surface area contributed by atoms with Gasteiger partial charge in [0.15, 0.2) is 0 Å². The smallest absolute Gasteiger partial charge is 0.341 e.